The van der Waals surface area contributed by atoms with Gasteiger partial charge in [-0.15, -0.1) is 0 Å². The van der Waals surface area contributed by atoms with Gasteiger partial charge in [-0.05, 0) is 28.8 Å². The first-order valence-electron chi connectivity index (χ1n) is 6.24. The van der Waals surface area contributed by atoms with E-state index in [-0.39, 0.29) is 11.5 Å². The van der Waals surface area contributed by atoms with Gasteiger partial charge in [0, 0.05) is 0 Å². The summed E-state index contributed by atoms with van der Waals surface area (Å²) in [6.45, 7) is 3.52. The van der Waals surface area contributed by atoms with E-state index in [0.717, 1.165) is 11.1 Å². The van der Waals surface area contributed by atoms with Crippen molar-refractivity contribution in [3.05, 3.63) is 66.2 Å². The second kappa shape index (κ2) is 6.05. The number of aliphatic carboxylic acids is 1. The topological polar surface area (TPSA) is 63.6 Å². The first kappa shape index (κ1) is 14.5. The molecular weight excluding hydrogens is 268 g/mol. The molecule has 2 aromatic rings. The summed E-state index contributed by atoms with van der Waals surface area (Å²) in [4.78, 5) is 22.2. The molecule has 0 radical (unpaired) electrons. The fraction of sp³-hybridized carbons (Fsp3) is 0.0588. The summed E-state index contributed by atoms with van der Waals surface area (Å²) in [6, 6.07) is 14.0. The summed E-state index contributed by atoms with van der Waals surface area (Å²) in [5, 5.41) is 8.88. The summed E-state index contributed by atoms with van der Waals surface area (Å²) in [5.41, 5.74) is 2.96. The summed E-state index contributed by atoms with van der Waals surface area (Å²) in [6.07, 6.45) is 0. The zero-order valence-electron chi connectivity index (χ0n) is 11.5. The molecule has 0 aliphatic carbocycles. The Labute approximate surface area is 122 Å². The van der Waals surface area contributed by atoms with E-state index in [2.05, 4.69) is 11.3 Å². The fourth-order valence-electron chi connectivity index (χ4n) is 1.90. The van der Waals surface area contributed by atoms with E-state index in [9.17, 15) is 9.59 Å². The molecule has 0 aromatic heterocycles. The van der Waals surface area contributed by atoms with E-state index >= 15 is 0 Å². The van der Waals surface area contributed by atoms with Crippen molar-refractivity contribution in [2.75, 3.05) is 7.11 Å². The van der Waals surface area contributed by atoms with Crippen molar-refractivity contribution in [2.24, 2.45) is 0 Å². The van der Waals surface area contributed by atoms with Gasteiger partial charge >= 0.3 is 11.9 Å². The highest BCUT2D eigenvalue weighted by molar-refractivity contribution is 6.14. The van der Waals surface area contributed by atoms with Crippen LogP contribution in [0.3, 0.4) is 0 Å². The van der Waals surface area contributed by atoms with Gasteiger partial charge in [-0.25, -0.2) is 9.59 Å². The first-order valence-corrected chi connectivity index (χ1v) is 6.24. The van der Waals surface area contributed by atoms with Crippen LogP contribution in [0.15, 0.2) is 55.1 Å². The SMILES string of the molecule is C=C(C(=O)O)c1ccc(-c2ccc(C(=O)OC)cc2)cc1. The number of hydrogen-bond acceptors (Lipinski definition) is 3. The first-order chi connectivity index (χ1) is 10.0. The van der Waals surface area contributed by atoms with Crippen LogP contribution in [0.5, 0.6) is 0 Å². The summed E-state index contributed by atoms with van der Waals surface area (Å²) in [5.74, 6) is -1.42. The van der Waals surface area contributed by atoms with E-state index in [4.69, 9.17) is 5.11 Å². The number of carbonyl (C=O) groups excluding carboxylic acids is 1. The van der Waals surface area contributed by atoms with Crippen molar-refractivity contribution in [3.63, 3.8) is 0 Å². The molecule has 21 heavy (non-hydrogen) atoms. The number of hydrogen-bond donors (Lipinski definition) is 1. The fourth-order valence-corrected chi connectivity index (χ4v) is 1.90. The summed E-state index contributed by atoms with van der Waals surface area (Å²) in [7, 11) is 1.34. The van der Waals surface area contributed by atoms with E-state index < -0.39 is 5.97 Å². The van der Waals surface area contributed by atoms with Crippen LogP contribution >= 0.6 is 0 Å². The highest BCUT2D eigenvalue weighted by Crippen LogP contribution is 2.22. The molecule has 2 rings (SSSR count). The predicted molar refractivity (Wildman–Crippen MR) is 79.9 cm³/mol. The van der Waals surface area contributed by atoms with Gasteiger partial charge in [0.15, 0.2) is 0 Å². The molecule has 0 aliphatic rings. The third kappa shape index (κ3) is 3.17. The molecule has 4 heteroatoms. The molecule has 0 unspecified atom stereocenters. The zero-order valence-corrected chi connectivity index (χ0v) is 11.5. The quantitative estimate of drug-likeness (QED) is 0.690. The monoisotopic (exact) mass is 282 g/mol. The molecule has 0 heterocycles. The Hall–Kier alpha value is -2.88. The van der Waals surface area contributed by atoms with Crippen LogP contribution in [0.1, 0.15) is 15.9 Å². The number of rotatable bonds is 4. The molecule has 4 nitrogen and oxygen atoms in total. The minimum Gasteiger partial charge on any atom is -0.478 e. The molecule has 0 aliphatic heterocycles. The van der Waals surface area contributed by atoms with E-state index in [1.807, 2.05) is 24.3 Å². The number of methoxy groups -OCH3 is 1. The second-order valence-corrected chi connectivity index (χ2v) is 4.43. The Balaban J connectivity index is 2.25. The van der Waals surface area contributed by atoms with Gasteiger partial charge in [-0.1, -0.05) is 43.0 Å². The van der Waals surface area contributed by atoms with Crippen LogP contribution in [-0.2, 0) is 9.53 Å². The van der Waals surface area contributed by atoms with Crippen LogP contribution in [0.2, 0.25) is 0 Å². The molecular formula is C17H14O4. The van der Waals surface area contributed by atoms with E-state index in [1.54, 1.807) is 24.3 Å². The highest BCUT2D eigenvalue weighted by atomic mass is 16.5. The normalized spacial score (nSPS) is 9.95. The number of benzene rings is 2. The van der Waals surface area contributed by atoms with Crippen molar-refractivity contribution in [1.82, 2.24) is 0 Å². The molecule has 106 valence electrons. The van der Waals surface area contributed by atoms with Crippen molar-refractivity contribution >= 4 is 17.5 Å². The van der Waals surface area contributed by atoms with Crippen LogP contribution in [-0.4, -0.2) is 24.2 Å². The lowest BCUT2D eigenvalue weighted by Crippen LogP contribution is -2.00. The Bertz CT molecular complexity index is 682. The van der Waals surface area contributed by atoms with Crippen molar-refractivity contribution in [2.45, 2.75) is 0 Å². The van der Waals surface area contributed by atoms with E-state index in [0.29, 0.717) is 11.1 Å². The van der Waals surface area contributed by atoms with Crippen LogP contribution in [0.4, 0.5) is 0 Å². The smallest absolute Gasteiger partial charge is 0.337 e. The van der Waals surface area contributed by atoms with Crippen molar-refractivity contribution in [3.8, 4) is 11.1 Å². The average molecular weight is 282 g/mol. The molecule has 0 saturated heterocycles. The number of carboxylic acids is 1. The maximum atomic E-state index is 11.4. The molecule has 0 atom stereocenters. The van der Waals surface area contributed by atoms with Crippen LogP contribution in [0, 0.1) is 0 Å². The van der Waals surface area contributed by atoms with Gasteiger partial charge in [-0.2, -0.15) is 0 Å². The number of carbonyl (C=O) groups is 2. The Morgan fingerprint density at radius 2 is 1.33 bits per heavy atom. The molecule has 0 amide bonds. The Morgan fingerprint density at radius 1 is 0.905 bits per heavy atom. The average Bonchev–Trinajstić information content (AvgIpc) is 2.53. The third-order valence-electron chi connectivity index (χ3n) is 3.13. The largest absolute Gasteiger partial charge is 0.478 e. The number of esters is 1. The van der Waals surface area contributed by atoms with Crippen molar-refractivity contribution in [1.29, 1.82) is 0 Å². The maximum absolute atomic E-state index is 11.4. The Kier molecular flexibility index (Phi) is 4.18. The number of carboxylic acid groups (broad SMARTS) is 1. The molecule has 2 aromatic carbocycles. The predicted octanol–water partition coefficient (Wildman–Crippen LogP) is 3.24. The van der Waals surface area contributed by atoms with Crippen molar-refractivity contribution < 1.29 is 19.4 Å². The van der Waals surface area contributed by atoms with Gasteiger partial charge in [-0.3, -0.25) is 0 Å². The summed E-state index contributed by atoms with van der Waals surface area (Å²) < 4.78 is 4.64. The van der Waals surface area contributed by atoms with Crippen LogP contribution in [0.25, 0.3) is 16.7 Å². The molecule has 0 saturated carbocycles. The minimum absolute atomic E-state index is 0.0580. The zero-order chi connectivity index (χ0) is 15.4. The Morgan fingerprint density at radius 3 is 1.71 bits per heavy atom. The standard InChI is InChI=1S/C17H14O4/c1-11(16(18)19)12-3-5-13(6-4-12)14-7-9-15(10-8-14)17(20)21-2/h3-10H,1H2,2H3,(H,18,19). The highest BCUT2D eigenvalue weighted by Gasteiger charge is 2.08. The van der Waals surface area contributed by atoms with Gasteiger partial charge in [0.05, 0.1) is 18.2 Å². The molecule has 1 N–H and O–H groups in total. The molecule has 0 spiro atoms. The lowest BCUT2D eigenvalue weighted by molar-refractivity contribution is -0.130. The second-order valence-electron chi connectivity index (χ2n) is 4.43. The number of ether oxygens (including phenoxy) is 1. The lowest BCUT2D eigenvalue weighted by Gasteiger charge is -2.05. The van der Waals surface area contributed by atoms with Gasteiger partial charge < -0.3 is 9.84 Å². The van der Waals surface area contributed by atoms with Gasteiger partial charge in [0.2, 0.25) is 0 Å². The maximum Gasteiger partial charge on any atom is 0.337 e. The van der Waals surface area contributed by atoms with E-state index in [1.165, 1.54) is 7.11 Å². The lowest BCUT2D eigenvalue weighted by atomic mass is 10.0. The van der Waals surface area contributed by atoms with Gasteiger partial charge in [0.1, 0.15) is 0 Å². The van der Waals surface area contributed by atoms with Gasteiger partial charge in [0.25, 0.3) is 0 Å². The molecule has 0 fully saturated rings. The van der Waals surface area contributed by atoms with Crippen LogP contribution < -0.4 is 0 Å². The molecule has 0 bridgehead atoms. The summed E-state index contributed by atoms with van der Waals surface area (Å²) >= 11 is 0. The third-order valence-corrected chi connectivity index (χ3v) is 3.13. The minimum atomic E-state index is -1.04.